The fourth-order valence-electron chi connectivity index (χ4n) is 3.82. The number of rotatable bonds is 4. The number of anilines is 1. The van der Waals surface area contributed by atoms with Crippen molar-refractivity contribution in [1.82, 2.24) is 0 Å². The highest BCUT2D eigenvalue weighted by atomic mass is 19.4. The van der Waals surface area contributed by atoms with Crippen LogP contribution in [0.3, 0.4) is 0 Å². The number of carbonyl (C=O) groups excluding carboxylic acids is 2. The summed E-state index contributed by atoms with van der Waals surface area (Å²) in [7, 11) is 0. The summed E-state index contributed by atoms with van der Waals surface area (Å²) in [6, 6.07) is 11.8. The van der Waals surface area contributed by atoms with E-state index in [-0.39, 0.29) is 11.7 Å². The lowest BCUT2D eigenvalue weighted by molar-refractivity contribution is -0.274. The van der Waals surface area contributed by atoms with Gasteiger partial charge < -0.3 is 10.5 Å². The third-order valence-electron chi connectivity index (χ3n) is 5.32. The van der Waals surface area contributed by atoms with Gasteiger partial charge in [-0.25, -0.2) is 0 Å². The standard InChI is InChI=1S/C20H17F3N2O3/c21-20(22,23)28-14-7-5-13(6-8-14)19(9-10-19)18(27)25-15-4-2-1-3-12(15)11-16(25)17(24)26/h1-8,16H,9-11H2,(H2,24,26). The number of primary amides is 1. The molecule has 1 saturated carbocycles. The smallest absolute Gasteiger partial charge is 0.406 e. The van der Waals surface area contributed by atoms with Crippen LogP contribution in [0.2, 0.25) is 0 Å². The normalized spacial score (nSPS) is 19.8. The van der Waals surface area contributed by atoms with Gasteiger partial charge >= 0.3 is 6.36 Å². The van der Waals surface area contributed by atoms with Crippen molar-refractivity contribution in [1.29, 1.82) is 0 Å². The van der Waals surface area contributed by atoms with E-state index in [0.29, 0.717) is 30.5 Å². The lowest BCUT2D eigenvalue weighted by Gasteiger charge is -2.28. The number of alkyl halides is 3. The molecule has 0 bridgehead atoms. The molecule has 1 atom stereocenters. The van der Waals surface area contributed by atoms with Crippen molar-refractivity contribution in [2.45, 2.75) is 37.1 Å². The van der Waals surface area contributed by atoms with Crippen molar-refractivity contribution in [2.75, 3.05) is 4.90 Å². The van der Waals surface area contributed by atoms with Gasteiger partial charge in [-0.15, -0.1) is 13.2 Å². The largest absolute Gasteiger partial charge is 0.573 e. The molecule has 4 rings (SSSR count). The second-order valence-corrected chi connectivity index (χ2v) is 7.08. The van der Waals surface area contributed by atoms with E-state index in [1.165, 1.54) is 29.2 Å². The van der Waals surface area contributed by atoms with E-state index in [1.54, 1.807) is 12.1 Å². The summed E-state index contributed by atoms with van der Waals surface area (Å²) < 4.78 is 40.9. The molecule has 1 aliphatic heterocycles. The number of carbonyl (C=O) groups is 2. The van der Waals surface area contributed by atoms with Crippen molar-refractivity contribution < 1.29 is 27.5 Å². The molecule has 1 fully saturated rings. The Morgan fingerprint density at radius 3 is 2.29 bits per heavy atom. The number of fused-ring (bicyclic) bond motifs is 1. The monoisotopic (exact) mass is 390 g/mol. The van der Waals surface area contributed by atoms with Crippen LogP contribution in [0.5, 0.6) is 5.75 Å². The fraction of sp³-hybridized carbons (Fsp3) is 0.300. The van der Waals surface area contributed by atoms with Crippen molar-refractivity contribution >= 4 is 17.5 Å². The van der Waals surface area contributed by atoms with Crippen LogP contribution in [-0.4, -0.2) is 24.2 Å². The summed E-state index contributed by atoms with van der Waals surface area (Å²) in [5.74, 6) is -1.19. The fourth-order valence-corrected chi connectivity index (χ4v) is 3.82. The van der Waals surface area contributed by atoms with Gasteiger partial charge in [-0.05, 0) is 42.2 Å². The van der Waals surface area contributed by atoms with Gasteiger partial charge in [-0.1, -0.05) is 30.3 Å². The van der Waals surface area contributed by atoms with Gasteiger partial charge in [0.25, 0.3) is 0 Å². The number of nitrogens with two attached hydrogens (primary N) is 1. The van der Waals surface area contributed by atoms with Gasteiger partial charge in [0.2, 0.25) is 11.8 Å². The zero-order chi connectivity index (χ0) is 20.1. The van der Waals surface area contributed by atoms with Gasteiger partial charge in [-0.3, -0.25) is 14.5 Å². The van der Waals surface area contributed by atoms with Crippen molar-refractivity contribution in [3.63, 3.8) is 0 Å². The predicted molar refractivity (Wildman–Crippen MR) is 94.7 cm³/mol. The van der Waals surface area contributed by atoms with E-state index in [9.17, 15) is 22.8 Å². The predicted octanol–water partition coefficient (Wildman–Crippen LogP) is 3.06. The van der Waals surface area contributed by atoms with Crippen LogP contribution in [-0.2, 0) is 21.4 Å². The number of para-hydroxylation sites is 1. The summed E-state index contributed by atoms with van der Waals surface area (Å²) in [4.78, 5) is 26.8. The first-order valence-corrected chi connectivity index (χ1v) is 8.78. The molecule has 1 heterocycles. The Morgan fingerprint density at radius 2 is 1.71 bits per heavy atom. The maximum absolute atomic E-state index is 13.4. The highest BCUT2D eigenvalue weighted by Crippen LogP contribution is 2.51. The van der Waals surface area contributed by atoms with Gasteiger partial charge in [0, 0.05) is 12.1 Å². The van der Waals surface area contributed by atoms with Crippen molar-refractivity contribution in [2.24, 2.45) is 5.73 Å². The molecule has 146 valence electrons. The van der Waals surface area contributed by atoms with Gasteiger partial charge in [0.15, 0.2) is 0 Å². The van der Waals surface area contributed by atoms with Gasteiger partial charge in [-0.2, -0.15) is 0 Å². The Hall–Kier alpha value is -3.03. The molecule has 0 saturated heterocycles. The minimum Gasteiger partial charge on any atom is -0.406 e. The molecule has 2 N–H and O–H groups in total. The first kappa shape index (κ1) is 18.3. The Kier molecular flexibility index (Phi) is 4.10. The van der Waals surface area contributed by atoms with E-state index < -0.39 is 23.7 Å². The molecule has 8 heteroatoms. The highest BCUT2D eigenvalue weighted by Gasteiger charge is 2.56. The topological polar surface area (TPSA) is 72.6 Å². The van der Waals surface area contributed by atoms with Crippen LogP contribution in [0.25, 0.3) is 0 Å². The minimum absolute atomic E-state index is 0.259. The third kappa shape index (κ3) is 3.08. The maximum atomic E-state index is 13.4. The molecule has 1 unspecified atom stereocenters. The van der Waals surface area contributed by atoms with Crippen LogP contribution in [0.1, 0.15) is 24.0 Å². The summed E-state index contributed by atoms with van der Waals surface area (Å²) in [5.41, 5.74) is 6.79. The number of amides is 2. The first-order chi connectivity index (χ1) is 13.2. The molecular weight excluding hydrogens is 373 g/mol. The van der Waals surface area contributed by atoms with Crippen molar-refractivity contribution in [3.05, 3.63) is 59.7 Å². The summed E-state index contributed by atoms with van der Waals surface area (Å²) in [6.45, 7) is 0. The maximum Gasteiger partial charge on any atom is 0.573 e. The zero-order valence-electron chi connectivity index (χ0n) is 14.7. The zero-order valence-corrected chi connectivity index (χ0v) is 14.7. The molecule has 1 aliphatic carbocycles. The Morgan fingerprint density at radius 1 is 1.07 bits per heavy atom. The average Bonchev–Trinajstić information content (AvgIpc) is 3.34. The van der Waals surface area contributed by atoms with Gasteiger partial charge in [0.1, 0.15) is 11.8 Å². The molecule has 2 aromatic carbocycles. The molecule has 2 aliphatic rings. The number of ether oxygens (including phenoxy) is 1. The van der Waals surface area contributed by atoms with Crippen LogP contribution >= 0.6 is 0 Å². The SMILES string of the molecule is NC(=O)C1Cc2ccccc2N1C(=O)C1(c2ccc(OC(F)(F)F)cc2)CC1. The Bertz CT molecular complexity index is 936. The number of benzene rings is 2. The van der Waals surface area contributed by atoms with Crippen LogP contribution in [0.15, 0.2) is 48.5 Å². The molecule has 5 nitrogen and oxygen atoms in total. The number of hydrogen-bond donors (Lipinski definition) is 1. The summed E-state index contributed by atoms with van der Waals surface area (Å²) >= 11 is 0. The van der Waals surface area contributed by atoms with Gasteiger partial charge in [0.05, 0.1) is 5.41 Å². The molecule has 2 amide bonds. The summed E-state index contributed by atoms with van der Waals surface area (Å²) in [6.07, 6.45) is -3.32. The summed E-state index contributed by atoms with van der Waals surface area (Å²) in [5, 5.41) is 0. The minimum atomic E-state index is -4.78. The second-order valence-electron chi connectivity index (χ2n) is 7.08. The molecule has 0 radical (unpaired) electrons. The lowest BCUT2D eigenvalue weighted by atomic mass is 9.93. The van der Waals surface area contributed by atoms with Crippen molar-refractivity contribution in [3.8, 4) is 5.75 Å². The Labute approximate surface area is 158 Å². The van der Waals surface area contributed by atoms with E-state index in [0.717, 1.165) is 5.56 Å². The molecule has 2 aromatic rings. The van der Waals surface area contributed by atoms with E-state index in [2.05, 4.69) is 4.74 Å². The number of hydrogen-bond acceptors (Lipinski definition) is 3. The average molecular weight is 390 g/mol. The Balaban J connectivity index is 1.64. The quantitative estimate of drug-likeness (QED) is 0.872. The molecular formula is C20H17F3N2O3. The van der Waals surface area contributed by atoms with Crippen LogP contribution < -0.4 is 15.4 Å². The molecule has 0 spiro atoms. The number of halogens is 3. The second kappa shape index (κ2) is 6.25. The van der Waals surface area contributed by atoms with E-state index >= 15 is 0 Å². The van der Waals surface area contributed by atoms with E-state index in [4.69, 9.17) is 5.73 Å². The third-order valence-corrected chi connectivity index (χ3v) is 5.32. The molecule has 0 aromatic heterocycles. The number of nitrogens with zero attached hydrogens (tertiary/aromatic N) is 1. The first-order valence-electron chi connectivity index (χ1n) is 8.78. The van der Waals surface area contributed by atoms with E-state index in [1.807, 2.05) is 12.1 Å². The molecule has 28 heavy (non-hydrogen) atoms. The lowest BCUT2D eigenvalue weighted by Crippen LogP contribution is -2.49. The van der Waals surface area contributed by atoms with Crippen LogP contribution in [0, 0.1) is 0 Å². The highest BCUT2D eigenvalue weighted by molar-refractivity contribution is 6.09. The van der Waals surface area contributed by atoms with Crippen LogP contribution in [0.4, 0.5) is 18.9 Å².